The van der Waals surface area contributed by atoms with Crippen LogP contribution in [-0.2, 0) is 5.41 Å². The quantitative estimate of drug-likeness (QED) is 0.810. The van der Waals surface area contributed by atoms with Gasteiger partial charge in [0.05, 0.1) is 0 Å². The van der Waals surface area contributed by atoms with Gasteiger partial charge in [0.2, 0.25) is 0 Å². The molecule has 2 heterocycles. The van der Waals surface area contributed by atoms with Crippen LogP contribution in [0.15, 0.2) is 28.7 Å². The van der Waals surface area contributed by atoms with E-state index in [2.05, 4.69) is 45.5 Å². The standard InChI is InChI=1S/C12H14BrN/c13-11-3-1-2-10(4-11)12-5-9(6-12)7-14-8-12/h1-4,9,14H,5-8H2. The van der Waals surface area contributed by atoms with Gasteiger partial charge < -0.3 is 5.32 Å². The van der Waals surface area contributed by atoms with Crippen LogP contribution in [0.3, 0.4) is 0 Å². The van der Waals surface area contributed by atoms with Crippen molar-refractivity contribution in [3.05, 3.63) is 34.3 Å². The van der Waals surface area contributed by atoms with E-state index >= 15 is 0 Å². The number of fused-ring (bicyclic) bond motifs is 2. The van der Waals surface area contributed by atoms with Crippen molar-refractivity contribution in [2.45, 2.75) is 18.3 Å². The van der Waals surface area contributed by atoms with E-state index in [9.17, 15) is 0 Å². The van der Waals surface area contributed by atoms with Gasteiger partial charge in [-0.1, -0.05) is 28.1 Å². The molecule has 2 saturated heterocycles. The summed E-state index contributed by atoms with van der Waals surface area (Å²) in [6.45, 7) is 2.40. The highest BCUT2D eigenvalue weighted by molar-refractivity contribution is 9.10. The number of nitrogens with one attached hydrogen (secondary N) is 1. The first kappa shape index (κ1) is 8.93. The molecule has 4 rings (SSSR count). The van der Waals surface area contributed by atoms with Crippen molar-refractivity contribution in [3.63, 3.8) is 0 Å². The van der Waals surface area contributed by atoms with Crippen LogP contribution in [0.4, 0.5) is 0 Å². The second-order valence-electron chi connectivity index (χ2n) is 4.70. The Bertz CT molecular complexity index is 350. The van der Waals surface area contributed by atoms with Crippen molar-refractivity contribution in [2.24, 2.45) is 5.92 Å². The molecular formula is C12H14BrN. The maximum atomic E-state index is 3.55. The van der Waals surface area contributed by atoms with Crippen LogP contribution in [0.1, 0.15) is 18.4 Å². The predicted molar refractivity (Wildman–Crippen MR) is 61.4 cm³/mol. The van der Waals surface area contributed by atoms with E-state index in [-0.39, 0.29) is 0 Å². The molecule has 0 spiro atoms. The van der Waals surface area contributed by atoms with Crippen molar-refractivity contribution in [3.8, 4) is 0 Å². The highest BCUT2D eigenvalue weighted by Crippen LogP contribution is 2.49. The van der Waals surface area contributed by atoms with Gasteiger partial charge in [-0.3, -0.25) is 0 Å². The predicted octanol–water partition coefficient (Wildman–Crippen LogP) is 2.70. The molecule has 0 amide bonds. The highest BCUT2D eigenvalue weighted by Gasteiger charge is 2.47. The fourth-order valence-electron chi connectivity index (χ4n) is 3.01. The normalized spacial score (nSPS) is 35.1. The maximum Gasteiger partial charge on any atom is 0.0178 e. The lowest BCUT2D eigenvalue weighted by atomic mass is 9.56. The van der Waals surface area contributed by atoms with Gasteiger partial charge in [-0.2, -0.15) is 0 Å². The van der Waals surface area contributed by atoms with Crippen LogP contribution >= 0.6 is 15.9 Å². The van der Waals surface area contributed by atoms with Crippen molar-refractivity contribution >= 4 is 15.9 Å². The van der Waals surface area contributed by atoms with Crippen LogP contribution < -0.4 is 5.32 Å². The van der Waals surface area contributed by atoms with E-state index in [0.29, 0.717) is 5.41 Å². The van der Waals surface area contributed by atoms with E-state index in [0.717, 1.165) is 5.92 Å². The SMILES string of the molecule is Brc1cccc(C23CNCC(C2)C3)c1. The smallest absolute Gasteiger partial charge is 0.0178 e. The molecule has 2 aliphatic heterocycles. The molecule has 1 N–H and O–H groups in total. The summed E-state index contributed by atoms with van der Waals surface area (Å²) in [5, 5.41) is 3.53. The molecule has 1 aliphatic carbocycles. The Kier molecular flexibility index (Phi) is 1.96. The summed E-state index contributed by atoms with van der Waals surface area (Å²) in [6.07, 6.45) is 2.77. The number of hydrogen-bond acceptors (Lipinski definition) is 1. The summed E-state index contributed by atoms with van der Waals surface area (Å²) in [7, 11) is 0. The summed E-state index contributed by atoms with van der Waals surface area (Å²) < 4.78 is 1.21. The minimum absolute atomic E-state index is 0.465. The van der Waals surface area contributed by atoms with Crippen molar-refractivity contribution < 1.29 is 0 Å². The minimum Gasteiger partial charge on any atom is -0.316 e. The molecule has 0 unspecified atom stereocenters. The monoisotopic (exact) mass is 251 g/mol. The Morgan fingerprint density at radius 2 is 2.21 bits per heavy atom. The molecule has 2 heteroatoms. The third-order valence-corrected chi connectivity index (χ3v) is 4.19. The van der Waals surface area contributed by atoms with Crippen LogP contribution in [0, 0.1) is 5.92 Å². The molecule has 0 atom stereocenters. The third-order valence-electron chi connectivity index (χ3n) is 3.69. The summed E-state index contributed by atoms with van der Waals surface area (Å²) in [5.41, 5.74) is 1.97. The molecule has 1 aromatic carbocycles. The molecule has 14 heavy (non-hydrogen) atoms. The van der Waals surface area contributed by atoms with E-state index in [1.54, 1.807) is 0 Å². The molecule has 2 bridgehead atoms. The number of piperidine rings is 2. The zero-order valence-corrected chi connectivity index (χ0v) is 9.68. The Morgan fingerprint density at radius 3 is 2.86 bits per heavy atom. The average Bonchev–Trinajstić information content (AvgIpc) is 2.17. The number of hydrogen-bond donors (Lipinski definition) is 1. The lowest BCUT2D eigenvalue weighted by Crippen LogP contribution is -2.57. The van der Waals surface area contributed by atoms with E-state index in [4.69, 9.17) is 0 Å². The fraction of sp³-hybridized carbons (Fsp3) is 0.500. The number of rotatable bonds is 1. The zero-order valence-electron chi connectivity index (χ0n) is 8.09. The largest absolute Gasteiger partial charge is 0.316 e. The lowest BCUT2D eigenvalue weighted by Gasteiger charge is -2.53. The Hall–Kier alpha value is -0.340. The lowest BCUT2D eigenvalue weighted by molar-refractivity contribution is 0.0900. The van der Waals surface area contributed by atoms with E-state index in [1.165, 1.54) is 36.0 Å². The first-order valence-electron chi connectivity index (χ1n) is 5.25. The van der Waals surface area contributed by atoms with Crippen molar-refractivity contribution in [1.82, 2.24) is 5.32 Å². The summed E-state index contributed by atoms with van der Waals surface area (Å²) >= 11 is 3.55. The first-order chi connectivity index (χ1) is 6.78. The summed E-state index contributed by atoms with van der Waals surface area (Å²) in [5.74, 6) is 0.933. The first-order valence-corrected chi connectivity index (χ1v) is 6.05. The highest BCUT2D eigenvalue weighted by atomic mass is 79.9. The molecule has 1 aromatic rings. The molecule has 0 radical (unpaired) electrons. The molecular weight excluding hydrogens is 238 g/mol. The maximum absolute atomic E-state index is 3.55. The molecule has 74 valence electrons. The van der Waals surface area contributed by atoms with Gasteiger partial charge in [0.1, 0.15) is 0 Å². The number of benzene rings is 1. The van der Waals surface area contributed by atoms with Gasteiger partial charge in [0, 0.05) is 16.4 Å². The Balaban J connectivity index is 1.95. The van der Waals surface area contributed by atoms with Crippen LogP contribution in [0.25, 0.3) is 0 Å². The number of halogens is 1. The van der Waals surface area contributed by atoms with Gasteiger partial charge in [0.15, 0.2) is 0 Å². The van der Waals surface area contributed by atoms with Crippen LogP contribution in [0.2, 0.25) is 0 Å². The average molecular weight is 252 g/mol. The zero-order chi connectivity index (χ0) is 9.60. The van der Waals surface area contributed by atoms with Crippen LogP contribution in [0.5, 0.6) is 0 Å². The van der Waals surface area contributed by atoms with Gasteiger partial charge >= 0.3 is 0 Å². The van der Waals surface area contributed by atoms with E-state index < -0.39 is 0 Å². The van der Waals surface area contributed by atoms with E-state index in [1.807, 2.05) is 0 Å². The fourth-order valence-corrected chi connectivity index (χ4v) is 3.40. The second-order valence-corrected chi connectivity index (χ2v) is 5.61. The van der Waals surface area contributed by atoms with Gasteiger partial charge in [-0.15, -0.1) is 0 Å². The molecule has 1 nitrogen and oxygen atoms in total. The summed E-state index contributed by atoms with van der Waals surface area (Å²) in [4.78, 5) is 0. The van der Waals surface area contributed by atoms with Crippen molar-refractivity contribution in [2.75, 3.05) is 13.1 Å². The van der Waals surface area contributed by atoms with Gasteiger partial charge in [-0.05, 0) is 43.0 Å². The second kappa shape index (κ2) is 3.07. The molecule has 3 fully saturated rings. The minimum atomic E-state index is 0.465. The van der Waals surface area contributed by atoms with Gasteiger partial charge in [0.25, 0.3) is 0 Å². The topological polar surface area (TPSA) is 12.0 Å². The third kappa shape index (κ3) is 1.24. The molecule has 1 saturated carbocycles. The van der Waals surface area contributed by atoms with Gasteiger partial charge in [-0.25, -0.2) is 0 Å². The summed E-state index contributed by atoms with van der Waals surface area (Å²) in [6, 6.07) is 8.81. The molecule has 0 aromatic heterocycles. The molecule has 3 aliphatic rings. The van der Waals surface area contributed by atoms with Crippen molar-refractivity contribution in [1.29, 1.82) is 0 Å². The Labute approximate surface area is 93.0 Å². The van der Waals surface area contributed by atoms with Crippen LogP contribution in [-0.4, -0.2) is 13.1 Å². The Morgan fingerprint density at radius 1 is 1.36 bits per heavy atom.